The molecular formula is C19H25N5O2. The Morgan fingerprint density at radius 3 is 2.62 bits per heavy atom. The minimum Gasteiger partial charge on any atom is -0.466 e. The lowest BCUT2D eigenvalue weighted by Crippen LogP contribution is -2.37. The Bertz CT molecular complexity index is 954. The number of nitrogens with two attached hydrogens (primary N) is 1. The molecule has 7 heteroatoms. The average Bonchev–Trinajstić information content (AvgIpc) is 3.16. The van der Waals surface area contributed by atoms with E-state index in [4.69, 9.17) is 15.1 Å². The van der Waals surface area contributed by atoms with Gasteiger partial charge in [0.15, 0.2) is 5.65 Å². The fourth-order valence-corrected chi connectivity index (χ4v) is 2.97. The average molecular weight is 355 g/mol. The quantitative estimate of drug-likeness (QED) is 0.733. The molecular weight excluding hydrogens is 330 g/mol. The van der Waals surface area contributed by atoms with Crippen LogP contribution in [-0.2, 0) is 0 Å². The summed E-state index contributed by atoms with van der Waals surface area (Å²) in [4.78, 5) is 17.6. The zero-order valence-electron chi connectivity index (χ0n) is 15.8. The molecule has 1 amide bonds. The minimum absolute atomic E-state index is 0.118. The molecule has 3 rings (SSSR count). The zero-order valence-corrected chi connectivity index (χ0v) is 15.8. The summed E-state index contributed by atoms with van der Waals surface area (Å²) in [7, 11) is 0. The normalized spacial score (nSPS) is 12.7. The van der Waals surface area contributed by atoms with Gasteiger partial charge < -0.3 is 15.5 Å². The van der Waals surface area contributed by atoms with Crippen LogP contribution in [0, 0.1) is 13.8 Å². The molecule has 0 bridgehead atoms. The number of carbonyl (C=O) groups excluding carboxylic acids is 1. The number of rotatable bonds is 5. The molecule has 0 aliphatic heterocycles. The summed E-state index contributed by atoms with van der Waals surface area (Å²) in [6, 6.07) is 3.74. The summed E-state index contributed by atoms with van der Waals surface area (Å²) >= 11 is 0. The van der Waals surface area contributed by atoms with Crippen LogP contribution in [0.4, 0.5) is 0 Å². The van der Waals surface area contributed by atoms with Crippen molar-refractivity contribution in [3.8, 4) is 11.3 Å². The SMILES string of the molecule is Cc1cc(-c2cc(C(=O)N[C@@H](C)CN)c3cnn(C(C)C)c3n2)c(C)o1. The van der Waals surface area contributed by atoms with Gasteiger partial charge in [-0.1, -0.05) is 0 Å². The number of pyridine rings is 1. The van der Waals surface area contributed by atoms with Crippen LogP contribution in [0.25, 0.3) is 22.3 Å². The molecule has 26 heavy (non-hydrogen) atoms. The molecule has 3 aromatic rings. The molecule has 138 valence electrons. The van der Waals surface area contributed by atoms with Crippen LogP contribution in [0.15, 0.2) is 22.7 Å². The van der Waals surface area contributed by atoms with E-state index in [1.54, 1.807) is 12.3 Å². The second-order valence-corrected chi connectivity index (χ2v) is 6.91. The first-order valence-electron chi connectivity index (χ1n) is 8.78. The van der Waals surface area contributed by atoms with Crippen LogP contribution in [0.3, 0.4) is 0 Å². The van der Waals surface area contributed by atoms with Crippen LogP contribution in [0.2, 0.25) is 0 Å². The van der Waals surface area contributed by atoms with Gasteiger partial charge >= 0.3 is 0 Å². The van der Waals surface area contributed by atoms with Gasteiger partial charge in [-0.3, -0.25) is 4.79 Å². The first-order valence-corrected chi connectivity index (χ1v) is 8.78. The number of aryl methyl sites for hydroxylation is 2. The molecule has 1 atom stereocenters. The third-order valence-electron chi connectivity index (χ3n) is 4.35. The van der Waals surface area contributed by atoms with Crippen molar-refractivity contribution >= 4 is 16.9 Å². The summed E-state index contributed by atoms with van der Waals surface area (Å²) in [5.41, 5.74) is 8.43. The second kappa shape index (κ2) is 6.92. The van der Waals surface area contributed by atoms with Crippen LogP contribution >= 0.6 is 0 Å². The summed E-state index contributed by atoms with van der Waals surface area (Å²) < 4.78 is 7.47. The molecule has 7 nitrogen and oxygen atoms in total. The number of nitrogens with one attached hydrogen (secondary N) is 1. The van der Waals surface area contributed by atoms with E-state index in [2.05, 4.69) is 10.4 Å². The smallest absolute Gasteiger partial charge is 0.252 e. The van der Waals surface area contributed by atoms with Crippen molar-refractivity contribution in [3.63, 3.8) is 0 Å². The van der Waals surface area contributed by atoms with E-state index in [0.717, 1.165) is 22.5 Å². The molecule has 0 aliphatic rings. The molecule has 0 saturated carbocycles. The fraction of sp³-hybridized carbons (Fsp3) is 0.421. The van der Waals surface area contributed by atoms with E-state index >= 15 is 0 Å². The van der Waals surface area contributed by atoms with E-state index in [0.29, 0.717) is 23.4 Å². The van der Waals surface area contributed by atoms with E-state index in [1.165, 1.54) is 0 Å². The van der Waals surface area contributed by atoms with E-state index < -0.39 is 0 Å². The number of amides is 1. The molecule has 0 unspecified atom stereocenters. The summed E-state index contributed by atoms with van der Waals surface area (Å²) in [5, 5.41) is 8.07. The molecule has 0 aromatic carbocycles. The molecule has 0 radical (unpaired) electrons. The first kappa shape index (κ1) is 18.1. The zero-order chi connectivity index (χ0) is 19.0. The number of aromatic nitrogens is 3. The lowest BCUT2D eigenvalue weighted by Gasteiger charge is -2.13. The van der Waals surface area contributed by atoms with Gasteiger partial charge in [0.2, 0.25) is 0 Å². The van der Waals surface area contributed by atoms with Gasteiger partial charge in [0.1, 0.15) is 11.5 Å². The van der Waals surface area contributed by atoms with E-state index in [9.17, 15) is 4.79 Å². The topological polar surface area (TPSA) is 99.0 Å². The Hall–Kier alpha value is -2.67. The van der Waals surface area contributed by atoms with Gasteiger partial charge in [-0.25, -0.2) is 9.67 Å². The third kappa shape index (κ3) is 3.22. The highest BCUT2D eigenvalue weighted by Crippen LogP contribution is 2.30. The number of fused-ring (bicyclic) bond motifs is 1. The maximum absolute atomic E-state index is 12.8. The maximum atomic E-state index is 12.8. The predicted molar refractivity (Wildman–Crippen MR) is 101 cm³/mol. The van der Waals surface area contributed by atoms with Gasteiger partial charge in [0.25, 0.3) is 5.91 Å². The monoisotopic (exact) mass is 355 g/mol. The lowest BCUT2D eigenvalue weighted by molar-refractivity contribution is 0.0943. The van der Waals surface area contributed by atoms with Crippen molar-refractivity contribution in [2.24, 2.45) is 5.73 Å². The first-order chi connectivity index (χ1) is 12.3. The van der Waals surface area contributed by atoms with Crippen molar-refractivity contribution in [2.75, 3.05) is 6.54 Å². The Kier molecular flexibility index (Phi) is 4.82. The summed E-state index contributed by atoms with van der Waals surface area (Å²) in [6.07, 6.45) is 1.70. The number of nitrogens with zero attached hydrogens (tertiary/aromatic N) is 3. The third-order valence-corrected chi connectivity index (χ3v) is 4.35. The van der Waals surface area contributed by atoms with Crippen LogP contribution in [0.5, 0.6) is 0 Å². The number of carbonyl (C=O) groups is 1. The molecule has 0 spiro atoms. The fourth-order valence-electron chi connectivity index (χ4n) is 2.97. The lowest BCUT2D eigenvalue weighted by atomic mass is 10.1. The molecule has 3 aromatic heterocycles. The summed E-state index contributed by atoms with van der Waals surface area (Å²) in [5.74, 6) is 1.39. The van der Waals surface area contributed by atoms with Crippen LogP contribution in [0.1, 0.15) is 48.7 Å². The molecule has 0 fully saturated rings. The highest BCUT2D eigenvalue weighted by Gasteiger charge is 2.20. The standard InChI is InChI=1S/C19H25N5O2/c1-10(2)24-18-16(9-21-24)15(19(25)22-11(3)8-20)7-17(23-18)14-6-12(4)26-13(14)5/h6-7,9-11H,8,20H2,1-5H3,(H,22,25)/t11-/m0/s1. The van der Waals surface area contributed by atoms with Gasteiger partial charge in [0, 0.05) is 24.2 Å². The Balaban J connectivity index is 2.22. The maximum Gasteiger partial charge on any atom is 0.252 e. The second-order valence-electron chi connectivity index (χ2n) is 6.91. The van der Waals surface area contributed by atoms with Crippen molar-refractivity contribution in [1.82, 2.24) is 20.1 Å². The van der Waals surface area contributed by atoms with Gasteiger partial charge in [-0.2, -0.15) is 5.10 Å². The number of furan rings is 1. The largest absolute Gasteiger partial charge is 0.466 e. The van der Waals surface area contributed by atoms with Gasteiger partial charge in [-0.15, -0.1) is 0 Å². The van der Waals surface area contributed by atoms with Gasteiger partial charge in [-0.05, 0) is 46.8 Å². The highest BCUT2D eigenvalue weighted by molar-refractivity contribution is 6.06. The van der Waals surface area contributed by atoms with Crippen LogP contribution in [-0.4, -0.2) is 33.3 Å². The molecule has 3 N–H and O–H groups in total. The van der Waals surface area contributed by atoms with Gasteiger partial charge in [0.05, 0.1) is 22.8 Å². The van der Waals surface area contributed by atoms with Crippen molar-refractivity contribution < 1.29 is 9.21 Å². The molecule has 3 heterocycles. The molecule has 0 aliphatic carbocycles. The molecule has 0 saturated heterocycles. The Morgan fingerprint density at radius 2 is 2.04 bits per heavy atom. The van der Waals surface area contributed by atoms with Crippen molar-refractivity contribution in [2.45, 2.75) is 46.7 Å². The Labute approximate surface area is 152 Å². The minimum atomic E-state index is -0.183. The number of hydrogen-bond donors (Lipinski definition) is 2. The summed E-state index contributed by atoms with van der Waals surface area (Å²) in [6.45, 7) is 10.1. The van der Waals surface area contributed by atoms with Crippen LogP contribution < -0.4 is 11.1 Å². The van der Waals surface area contributed by atoms with E-state index in [1.807, 2.05) is 45.4 Å². The Morgan fingerprint density at radius 1 is 1.31 bits per heavy atom. The van der Waals surface area contributed by atoms with Crippen molar-refractivity contribution in [3.05, 3.63) is 35.4 Å². The van der Waals surface area contributed by atoms with Crippen molar-refractivity contribution in [1.29, 1.82) is 0 Å². The highest BCUT2D eigenvalue weighted by atomic mass is 16.3. The number of hydrogen-bond acceptors (Lipinski definition) is 5. The van der Waals surface area contributed by atoms with E-state index in [-0.39, 0.29) is 18.0 Å². The predicted octanol–water partition coefficient (Wildman–Crippen LogP) is 2.97.